The minimum absolute atomic E-state index is 0. The Labute approximate surface area is 149 Å². The number of anilines is 1. The molecule has 23 heavy (non-hydrogen) atoms. The van der Waals surface area contributed by atoms with Crippen LogP contribution in [0, 0.1) is 0 Å². The SMILES string of the molecule is CCn1cc(CN(C)c2cc(C3CC(N)C3)ncn2)cn1.Cl.Cl. The molecule has 3 rings (SSSR count). The van der Waals surface area contributed by atoms with Crippen LogP contribution in [-0.2, 0) is 13.1 Å². The van der Waals surface area contributed by atoms with Gasteiger partial charge in [0.15, 0.2) is 0 Å². The van der Waals surface area contributed by atoms with Crippen molar-refractivity contribution in [2.24, 2.45) is 5.73 Å². The quantitative estimate of drug-likeness (QED) is 0.887. The number of aromatic nitrogens is 4. The van der Waals surface area contributed by atoms with Gasteiger partial charge in [-0.2, -0.15) is 5.10 Å². The van der Waals surface area contributed by atoms with Crippen molar-refractivity contribution in [1.82, 2.24) is 19.7 Å². The third kappa shape index (κ3) is 4.56. The molecule has 1 saturated carbocycles. The Morgan fingerprint density at radius 2 is 2.04 bits per heavy atom. The molecule has 0 saturated heterocycles. The molecule has 0 radical (unpaired) electrons. The predicted octanol–water partition coefficient (Wildman–Crippen LogP) is 2.38. The standard InChI is InChI=1S/C15H22N6.2ClH/c1-3-21-9-11(7-19-21)8-20(2)15-6-14(17-10-18-15)12-4-13(16)5-12;;/h6-7,9-10,12-13H,3-5,8,16H2,1-2H3;2*1H. The Morgan fingerprint density at radius 3 is 2.65 bits per heavy atom. The van der Waals surface area contributed by atoms with Crippen molar-refractivity contribution >= 4 is 30.6 Å². The molecular formula is C15H24Cl2N6. The van der Waals surface area contributed by atoms with Crippen LogP contribution < -0.4 is 10.6 Å². The first-order chi connectivity index (χ1) is 10.2. The summed E-state index contributed by atoms with van der Waals surface area (Å²) < 4.78 is 1.93. The van der Waals surface area contributed by atoms with Gasteiger partial charge in [0.05, 0.1) is 6.20 Å². The van der Waals surface area contributed by atoms with Gasteiger partial charge in [-0.15, -0.1) is 24.8 Å². The summed E-state index contributed by atoms with van der Waals surface area (Å²) >= 11 is 0. The lowest BCUT2D eigenvalue weighted by Gasteiger charge is -2.32. The van der Waals surface area contributed by atoms with Crippen LogP contribution >= 0.6 is 24.8 Å². The van der Waals surface area contributed by atoms with Crippen LogP contribution in [0.1, 0.15) is 36.9 Å². The van der Waals surface area contributed by atoms with Gasteiger partial charge in [-0.05, 0) is 19.8 Å². The molecule has 2 heterocycles. The lowest BCUT2D eigenvalue weighted by molar-refractivity contribution is 0.345. The summed E-state index contributed by atoms with van der Waals surface area (Å²) in [6.07, 6.45) is 7.70. The number of nitrogens with two attached hydrogens (primary N) is 1. The molecule has 0 unspecified atom stereocenters. The third-order valence-electron chi connectivity index (χ3n) is 4.09. The Kier molecular flexibility index (Phi) is 7.25. The van der Waals surface area contributed by atoms with Crippen LogP contribution in [0.4, 0.5) is 5.82 Å². The van der Waals surface area contributed by atoms with Gasteiger partial charge in [-0.3, -0.25) is 4.68 Å². The van der Waals surface area contributed by atoms with E-state index in [2.05, 4.69) is 39.2 Å². The zero-order valence-electron chi connectivity index (χ0n) is 13.4. The van der Waals surface area contributed by atoms with E-state index < -0.39 is 0 Å². The largest absolute Gasteiger partial charge is 0.355 e. The minimum atomic E-state index is 0. The van der Waals surface area contributed by atoms with Crippen molar-refractivity contribution in [3.05, 3.63) is 36.0 Å². The van der Waals surface area contributed by atoms with Gasteiger partial charge in [-0.1, -0.05) is 0 Å². The second-order valence-corrected chi connectivity index (χ2v) is 5.79. The predicted molar refractivity (Wildman–Crippen MR) is 96.5 cm³/mol. The van der Waals surface area contributed by atoms with E-state index in [1.807, 2.05) is 17.9 Å². The van der Waals surface area contributed by atoms with Crippen molar-refractivity contribution in [3.8, 4) is 0 Å². The number of nitrogens with zero attached hydrogens (tertiary/aromatic N) is 5. The molecular weight excluding hydrogens is 335 g/mol. The molecule has 1 aliphatic carbocycles. The summed E-state index contributed by atoms with van der Waals surface area (Å²) in [5.41, 5.74) is 8.15. The number of hydrogen-bond acceptors (Lipinski definition) is 5. The first-order valence-corrected chi connectivity index (χ1v) is 7.45. The van der Waals surface area contributed by atoms with E-state index in [0.717, 1.165) is 37.4 Å². The van der Waals surface area contributed by atoms with Crippen LogP contribution in [0.5, 0.6) is 0 Å². The van der Waals surface area contributed by atoms with Crippen molar-refractivity contribution in [2.75, 3.05) is 11.9 Å². The second-order valence-electron chi connectivity index (χ2n) is 5.79. The third-order valence-corrected chi connectivity index (χ3v) is 4.09. The average Bonchev–Trinajstić information content (AvgIpc) is 2.91. The molecule has 0 amide bonds. The summed E-state index contributed by atoms with van der Waals surface area (Å²) in [5, 5.41) is 4.30. The summed E-state index contributed by atoms with van der Waals surface area (Å²) in [5.74, 6) is 1.45. The van der Waals surface area contributed by atoms with Gasteiger partial charge in [0.1, 0.15) is 12.1 Å². The normalized spacial score (nSPS) is 19.3. The summed E-state index contributed by atoms with van der Waals surface area (Å²) in [6.45, 7) is 3.77. The maximum atomic E-state index is 5.86. The van der Waals surface area contributed by atoms with Crippen LogP contribution in [0.2, 0.25) is 0 Å². The van der Waals surface area contributed by atoms with E-state index in [4.69, 9.17) is 5.73 Å². The van der Waals surface area contributed by atoms with Crippen LogP contribution in [0.3, 0.4) is 0 Å². The highest BCUT2D eigenvalue weighted by atomic mass is 35.5. The van der Waals surface area contributed by atoms with E-state index in [1.165, 1.54) is 5.56 Å². The Morgan fingerprint density at radius 1 is 1.30 bits per heavy atom. The van der Waals surface area contributed by atoms with Crippen molar-refractivity contribution in [3.63, 3.8) is 0 Å². The molecule has 1 aliphatic rings. The zero-order chi connectivity index (χ0) is 14.8. The number of hydrogen-bond donors (Lipinski definition) is 1. The van der Waals surface area contributed by atoms with Crippen LogP contribution in [0.25, 0.3) is 0 Å². The zero-order valence-corrected chi connectivity index (χ0v) is 15.1. The number of halogens is 2. The Bertz CT molecular complexity index is 612. The molecule has 2 aromatic heterocycles. The van der Waals surface area contributed by atoms with Crippen molar-refractivity contribution in [1.29, 1.82) is 0 Å². The monoisotopic (exact) mass is 358 g/mol. The lowest BCUT2D eigenvalue weighted by atomic mass is 9.78. The van der Waals surface area contributed by atoms with E-state index in [9.17, 15) is 0 Å². The fraction of sp³-hybridized carbons (Fsp3) is 0.533. The molecule has 0 bridgehead atoms. The van der Waals surface area contributed by atoms with Gasteiger partial charge in [0.25, 0.3) is 0 Å². The molecule has 0 spiro atoms. The van der Waals surface area contributed by atoms with Crippen molar-refractivity contribution in [2.45, 2.75) is 44.8 Å². The van der Waals surface area contributed by atoms with Gasteiger partial charge in [0, 0.05) is 55.6 Å². The first-order valence-electron chi connectivity index (χ1n) is 7.45. The molecule has 2 N–H and O–H groups in total. The van der Waals surface area contributed by atoms with E-state index in [0.29, 0.717) is 12.0 Å². The topological polar surface area (TPSA) is 72.9 Å². The maximum absolute atomic E-state index is 5.86. The van der Waals surface area contributed by atoms with E-state index in [1.54, 1.807) is 6.33 Å². The molecule has 2 aromatic rings. The van der Waals surface area contributed by atoms with Gasteiger partial charge >= 0.3 is 0 Å². The number of rotatable bonds is 5. The maximum Gasteiger partial charge on any atom is 0.132 e. The Balaban J connectivity index is 0.00000132. The fourth-order valence-corrected chi connectivity index (χ4v) is 2.71. The second kappa shape index (κ2) is 8.47. The molecule has 0 aliphatic heterocycles. The first kappa shape index (κ1) is 19.7. The smallest absolute Gasteiger partial charge is 0.132 e. The van der Waals surface area contributed by atoms with E-state index >= 15 is 0 Å². The molecule has 0 atom stereocenters. The summed E-state index contributed by atoms with van der Waals surface area (Å²) in [7, 11) is 2.04. The minimum Gasteiger partial charge on any atom is -0.355 e. The van der Waals surface area contributed by atoms with Gasteiger partial charge in [0.2, 0.25) is 0 Å². The van der Waals surface area contributed by atoms with Crippen LogP contribution in [0.15, 0.2) is 24.8 Å². The highest BCUT2D eigenvalue weighted by Gasteiger charge is 2.28. The van der Waals surface area contributed by atoms with Crippen molar-refractivity contribution < 1.29 is 0 Å². The fourth-order valence-electron chi connectivity index (χ4n) is 2.71. The number of aryl methyl sites for hydroxylation is 1. The molecule has 0 aromatic carbocycles. The highest BCUT2D eigenvalue weighted by Crippen LogP contribution is 2.35. The molecule has 6 nitrogen and oxygen atoms in total. The summed E-state index contributed by atoms with van der Waals surface area (Å²) in [6, 6.07) is 2.42. The molecule has 128 valence electrons. The lowest BCUT2D eigenvalue weighted by Crippen LogP contribution is -2.35. The molecule has 1 fully saturated rings. The summed E-state index contributed by atoms with van der Waals surface area (Å²) in [4.78, 5) is 10.9. The average molecular weight is 359 g/mol. The highest BCUT2D eigenvalue weighted by molar-refractivity contribution is 5.85. The van der Waals surface area contributed by atoms with Gasteiger partial charge < -0.3 is 10.6 Å². The van der Waals surface area contributed by atoms with Crippen LogP contribution in [-0.4, -0.2) is 32.8 Å². The Hall–Kier alpha value is -1.37. The van der Waals surface area contributed by atoms with E-state index in [-0.39, 0.29) is 24.8 Å². The van der Waals surface area contributed by atoms with Gasteiger partial charge in [-0.25, -0.2) is 9.97 Å². The molecule has 8 heteroatoms.